The van der Waals surface area contributed by atoms with Crippen molar-refractivity contribution in [1.82, 2.24) is 4.90 Å². The number of hydrogen-bond acceptors (Lipinski definition) is 4. The van der Waals surface area contributed by atoms with Crippen LogP contribution in [0.15, 0.2) is 30.3 Å². The number of rotatable bonds is 8. The molecule has 4 nitrogen and oxygen atoms in total. The second-order valence-electron chi connectivity index (χ2n) is 4.90. The van der Waals surface area contributed by atoms with Gasteiger partial charge in [0.15, 0.2) is 0 Å². The monoisotopic (exact) mass is 264 g/mol. The number of carbonyl (C=O) groups excluding carboxylic acids is 1. The number of nitrogens with zero attached hydrogens (tertiary/aromatic N) is 1. The molecule has 0 saturated carbocycles. The second-order valence-corrected chi connectivity index (χ2v) is 4.90. The summed E-state index contributed by atoms with van der Waals surface area (Å²) in [5, 5.41) is 0. The van der Waals surface area contributed by atoms with E-state index in [4.69, 9.17) is 10.5 Å². The molecular formula is C15H24N2O2. The molecular weight excluding hydrogens is 240 g/mol. The van der Waals surface area contributed by atoms with Crippen molar-refractivity contribution in [3.05, 3.63) is 35.9 Å². The maximum absolute atomic E-state index is 11.9. The fraction of sp³-hybridized carbons (Fsp3) is 0.533. The third kappa shape index (κ3) is 6.36. The van der Waals surface area contributed by atoms with E-state index in [2.05, 4.69) is 4.90 Å². The second kappa shape index (κ2) is 8.67. The molecule has 0 aliphatic carbocycles. The Morgan fingerprint density at radius 2 is 2.05 bits per heavy atom. The molecule has 0 radical (unpaired) electrons. The number of esters is 1. The predicted octanol–water partition coefficient (Wildman–Crippen LogP) is 1.65. The minimum Gasteiger partial charge on any atom is -0.461 e. The lowest BCUT2D eigenvalue weighted by atomic mass is 10.1. The van der Waals surface area contributed by atoms with E-state index in [0.29, 0.717) is 19.7 Å². The fourth-order valence-electron chi connectivity index (χ4n) is 1.87. The lowest BCUT2D eigenvalue weighted by molar-refractivity contribution is -0.149. The Kier molecular flexibility index (Phi) is 7.15. The quantitative estimate of drug-likeness (QED) is 0.725. The third-order valence-electron chi connectivity index (χ3n) is 2.96. The molecule has 0 aliphatic rings. The van der Waals surface area contributed by atoms with Crippen LogP contribution in [0, 0.1) is 5.92 Å². The first-order valence-electron chi connectivity index (χ1n) is 6.72. The van der Waals surface area contributed by atoms with E-state index in [0.717, 1.165) is 18.5 Å². The lowest BCUT2D eigenvalue weighted by Gasteiger charge is -2.20. The topological polar surface area (TPSA) is 55.6 Å². The predicted molar refractivity (Wildman–Crippen MR) is 76.6 cm³/mol. The van der Waals surface area contributed by atoms with Gasteiger partial charge in [-0.05, 0) is 32.1 Å². The van der Waals surface area contributed by atoms with Crippen LogP contribution in [0.3, 0.4) is 0 Å². The summed E-state index contributed by atoms with van der Waals surface area (Å²) in [6.07, 6.45) is 0.947. The first-order valence-corrected chi connectivity index (χ1v) is 6.72. The van der Waals surface area contributed by atoms with Gasteiger partial charge in [-0.2, -0.15) is 0 Å². The average Bonchev–Trinajstić information content (AvgIpc) is 2.43. The lowest BCUT2D eigenvalue weighted by Crippen LogP contribution is -2.31. The minimum atomic E-state index is -0.150. The first-order chi connectivity index (χ1) is 9.13. The molecule has 1 aromatic rings. The Morgan fingerprint density at radius 1 is 1.37 bits per heavy atom. The summed E-state index contributed by atoms with van der Waals surface area (Å²) in [6.45, 7) is 4.53. The van der Waals surface area contributed by atoms with Crippen LogP contribution in [0.4, 0.5) is 0 Å². The van der Waals surface area contributed by atoms with E-state index in [1.807, 2.05) is 44.3 Å². The Hall–Kier alpha value is -1.39. The van der Waals surface area contributed by atoms with Crippen molar-refractivity contribution < 1.29 is 9.53 Å². The molecule has 0 heterocycles. The van der Waals surface area contributed by atoms with Crippen molar-refractivity contribution in [1.29, 1.82) is 0 Å². The molecule has 19 heavy (non-hydrogen) atoms. The maximum atomic E-state index is 11.9. The molecule has 1 rings (SSSR count). The SMILES string of the molecule is CC(CN(C)CCCN)C(=O)OCc1ccccc1. The molecule has 1 atom stereocenters. The normalized spacial score (nSPS) is 12.4. The van der Waals surface area contributed by atoms with Crippen molar-refractivity contribution in [2.24, 2.45) is 11.7 Å². The summed E-state index contributed by atoms with van der Waals surface area (Å²) in [5.41, 5.74) is 6.47. The molecule has 1 unspecified atom stereocenters. The molecule has 106 valence electrons. The van der Waals surface area contributed by atoms with Gasteiger partial charge in [-0.25, -0.2) is 0 Å². The largest absolute Gasteiger partial charge is 0.461 e. The zero-order valence-corrected chi connectivity index (χ0v) is 11.8. The molecule has 2 N–H and O–H groups in total. The molecule has 0 spiro atoms. The van der Waals surface area contributed by atoms with Gasteiger partial charge in [-0.3, -0.25) is 4.79 Å². The molecule has 0 fully saturated rings. The van der Waals surface area contributed by atoms with Gasteiger partial charge in [0, 0.05) is 6.54 Å². The molecule has 0 amide bonds. The summed E-state index contributed by atoms with van der Waals surface area (Å²) in [6, 6.07) is 9.72. The van der Waals surface area contributed by atoms with Crippen LogP contribution in [0.5, 0.6) is 0 Å². The van der Waals surface area contributed by atoms with Crippen LogP contribution in [-0.2, 0) is 16.1 Å². The van der Waals surface area contributed by atoms with Crippen LogP contribution in [0.25, 0.3) is 0 Å². The smallest absolute Gasteiger partial charge is 0.310 e. The van der Waals surface area contributed by atoms with Gasteiger partial charge in [0.25, 0.3) is 0 Å². The van der Waals surface area contributed by atoms with Gasteiger partial charge in [0.1, 0.15) is 6.61 Å². The molecule has 0 aromatic heterocycles. The van der Waals surface area contributed by atoms with Crippen molar-refractivity contribution in [3.8, 4) is 0 Å². The molecule has 1 aromatic carbocycles. The Balaban J connectivity index is 2.28. The van der Waals surface area contributed by atoms with Gasteiger partial charge in [0.05, 0.1) is 5.92 Å². The van der Waals surface area contributed by atoms with Crippen LogP contribution < -0.4 is 5.73 Å². The van der Waals surface area contributed by atoms with Gasteiger partial charge in [0.2, 0.25) is 0 Å². The standard InChI is InChI=1S/C15H24N2O2/c1-13(11-17(2)10-6-9-16)15(18)19-12-14-7-4-3-5-8-14/h3-5,7-8,13H,6,9-12,16H2,1-2H3. The molecule has 0 aliphatic heterocycles. The highest BCUT2D eigenvalue weighted by molar-refractivity contribution is 5.72. The first kappa shape index (κ1) is 15.7. The Labute approximate surface area is 115 Å². The van der Waals surface area contributed by atoms with Gasteiger partial charge in [-0.1, -0.05) is 37.3 Å². The van der Waals surface area contributed by atoms with E-state index in [1.54, 1.807) is 0 Å². The van der Waals surface area contributed by atoms with E-state index >= 15 is 0 Å². The summed E-state index contributed by atoms with van der Waals surface area (Å²) < 4.78 is 5.30. The van der Waals surface area contributed by atoms with Gasteiger partial charge >= 0.3 is 5.97 Å². The third-order valence-corrected chi connectivity index (χ3v) is 2.96. The molecule has 4 heteroatoms. The number of benzene rings is 1. The summed E-state index contributed by atoms with van der Waals surface area (Å²) in [7, 11) is 2.00. The van der Waals surface area contributed by atoms with Crippen molar-refractivity contribution in [3.63, 3.8) is 0 Å². The molecule has 0 bridgehead atoms. The highest BCUT2D eigenvalue weighted by atomic mass is 16.5. The summed E-state index contributed by atoms with van der Waals surface area (Å²) in [5.74, 6) is -0.269. The molecule has 0 saturated heterocycles. The van der Waals surface area contributed by atoms with E-state index in [9.17, 15) is 4.79 Å². The highest BCUT2D eigenvalue weighted by Gasteiger charge is 2.16. The minimum absolute atomic E-state index is 0.119. The van der Waals surface area contributed by atoms with Crippen LogP contribution in [-0.4, -0.2) is 37.6 Å². The van der Waals surface area contributed by atoms with E-state index in [1.165, 1.54) is 0 Å². The summed E-state index contributed by atoms with van der Waals surface area (Å²) >= 11 is 0. The van der Waals surface area contributed by atoms with Crippen LogP contribution >= 0.6 is 0 Å². The fourth-order valence-corrected chi connectivity index (χ4v) is 1.87. The maximum Gasteiger partial charge on any atom is 0.310 e. The Morgan fingerprint density at radius 3 is 2.68 bits per heavy atom. The van der Waals surface area contributed by atoms with Crippen LogP contribution in [0.2, 0.25) is 0 Å². The number of nitrogens with two attached hydrogens (primary N) is 1. The van der Waals surface area contributed by atoms with Gasteiger partial charge < -0.3 is 15.4 Å². The Bertz CT molecular complexity index is 368. The van der Waals surface area contributed by atoms with Crippen LogP contribution in [0.1, 0.15) is 18.9 Å². The van der Waals surface area contributed by atoms with Gasteiger partial charge in [-0.15, -0.1) is 0 Å². The summed E-state index contributed by atoms with van der Waals surface area (Å²) in [4.78, 5) is 14.0. The van der Waals surface area contributed by atoms with Crippen molar-refractivity contribution in [2.45, 2.75) is 20.0 Å². The van der Waals surface area contributed by atoms with Crippen molar-refractivity contribution >= 4 is 5.97 Å². The van der Waals surface area contributed by atoms with E-state index < -0.39 is 0 Å². The highest BCUT2D eigenvalue weighted by Crippen LogP contribution is 2.06. The van der Waals surface area contributed by atoms with Crippen molar-refractivity contribution in [2.75, 3.05) is 26.7 Å². The zero-order chi connectivity index (χ0) is 14.1. The zero-order valence-electron chi connectivity index (χ0n) is 11.8. The average molecular weight is 264 g/mol. The van der Waals surface area contributed by atoms with E-state index in [-0.39, 0.29) is 11.9 Å². The number of ether oxygens (including phenoxy) is 1. The number of carbonyl (C=O) groups is 1. The number of hydrogen-bond donors (Lipinski definition) is 1.